The van der Waals surface area contributed by atoms with Crippen LogP contribution in [0.4, 0.5) is 5.95 Å². The molecular formula is C18H17N5O5. The highest BCUT2D eigenvalue weighted by molar-refractivity contribution is 6.22. The average Bonchev–Trinajstić information content (AvgIpc) is 3.10. The van der Waals surface area contributed by atoms with Gasteiger partial charge in [0.05, 0.1) is 30.8 Å². The molecule has 2 saturated heterocycles. The third-order valence-corrected chi connectivity index (χ3v) is 6.33. The van der Waals surface area contributed by atoms with E-state index in [2.05, 4.69) is 15.0 Å². The lowest BCUT2D eigenvalue weighted by Gasteiger charge is -2.44. The van der Waals surface area contributed by atoms with Gasteiger partial charge in [-0.15, -0.1) is 0 Å². The standard InChI is InChI=1S/C18H17N5O5/c1-6-19-17(21-18(20-6)28-3)23-15(26)11-7-4-5-8(12(11)16(23)27)10-9(7)13(24)22(2)14(10)25/h4-5,7-12H,1-3H3. The Balaban J connectivity index is 1.59. The van der Waals surface area contributed by atoms with Gasteiger partial charge in [0.25, 0.3) is 0 Å². The molecule has 144 valence electrons. The summed E-state index contributed by atoms with van der Waals surface area (Å²) in [5.41, 5.74) is 0. The number of carbonyl (C=O) groups is 4. The maximum atomic E-state index is 13.2. The molecule has 6 atom stereocenters. The van der Waals surface area contributed by atoms with Crippen LogP contribution in [0.2, 0.25) is 0 Å². The number of carbonyl (C=O) groups excluding carboxylic acids is 4. The second-order valence-corrected chi connectivity index (χ2v) is 7.56. The lowest BCUT2D eigenvalue weighted by atomic mass is 9.54. The Morgan fingerprint density at radius 1 is 0.821 bits per heavy atom. The van der Waals surface area contributed by atoms with Crippen molar-refractivity contribution >= 4 is 29.6 Å². The number of methoxy groups -OCH3 is 1. The fourth-order valence-corrected chi connectivity index (χ4v) is 5.21. The Morgan fingerprint density at radius 3 is 1.82 bits per heavy atom. The number of allylic oxidation sites excluding steroid dienone is 2. The first-order valence-corrected chi connectivity index (χ1v) is 8.99. The molecule has 2 aliphatic heterocycles. The van der Waals surface area contributed by atoms with E-state index in [9.17, 15) is 19.2 Å². The fourth-order valence-electron chi connectivity index (χ4n) is 5.21. The highest BCUT2D eigenvalue weighted by Crippen LogP contribution is 2.57. The molecule has 0 spiro atoms. The van der Waals surface area contributed by atoms with Crippen molar-refractivity contribution in [2.24, 2.45) is 35.5 Å². The minimum absolute atomic E-state index is 0.00270. The van der Waals surface area contributed by atoms with Gasteiger partial charge in [0.15, 0.2) is 0 Å². The third-order valence-electron chi connectivity index (χ3n) is 6.33. The van der Waals surface area contributed by atoms with Gasteiger partial charge in [-0.05, 0) is 6.92 Å². The fraction of sp³-hybridized carbons (Fsp3) is 0.500. The summed E-state index contributed by atoms with van der Waals surface area (Å²) in [7, 11) is 2.83. The number of likely N-dealkylation sites (tertiary alicyclic amines) is 1. The summed E-state index contributed by atoms with van der Waals surface area (Å²) in [5.74, 6) is -4.83. The highest BCUT2D eigenvalue weighted by Gasteiger charge is 2.68. The van der Waals surface area contributed by atoms with Gasteiger partial charge >= 0.3 is 6.01 Å². The van der Waals surface area contributed by atoms with Crippen molar-refractivity contribution in [1.29, 1.82) is 0 Å². The van der Waals surface area contributed by atoms with E-state index in [-0.39, 0.29) is 23.8 Å². The quantitative estimate of drug-likeness (QED) is 0.487. The van der Waals surface area contributed by atoms with Crippen LogP contribution in [-0.4, -0.2) is 57.6 Å². The Hall–Kier alpha value is -3.17. The number of anilines is 1. The van der Waals surface area contributed by atoms with E-state index >= 15 is 0 Å². The van der Waals surface area contributed by atoms with Crippen LogP contribution in [0.3, 0.4) is 0 Å². The van der Waals surface area contributed by atoms with Gasteiger partial charge in [-0.2, -0.15) is 15.0 Å². The van der Waals surface area contributed by atoms with E-state index in [1.165, 1.54) is 14.2 Å². The van der Waals surface area contributed by atoms with Crippen LogP contribution >= 0.6 is 0 Å². The number of rotatable bonds is 2. The predicted molar refractivity (Wildman–Crippen MR) is 91.5 cm³/mol. The van der Waals surface area contributed by atoms with Crippen molar-refractivity contribution in [1.82, 2.24) is 19.9 Å². The van der Waals surface area contributed by atoms with Gasteiger partial charge in [0.1, 0.15) is 5.82 Å². The van der Waals surface area contributed by atoms with E-state index in [1.807, 2.05) is 12.2 Å². The molecule has 5 aliphatic rings. The topological polar surface area (TPSA) is 123 Å². The molecule has 10 heteroatoms. The number of ether oxygens (including phenoxy) is 1. The number of imide groups is 2. The predicted octanol–water partition coefficient (Wildman–Crippen LogP) is -0.659. The number of aryl methyl sites for hydroxylation is 1. The molecule has 3 aliphatic carbocycles. The molecule has 1 aromatic heterocycles. The molecule has 10 nitrogen and oxygen atoms in total. The SMILES string of the molecule is COc1nc(C)nc(N2C(=O)C3C4C=CC(C5C(=O)N(C)C(=O)C45)C3C2=O)n1. The summed E-state index contributed by atoms with van der Waals surface area (Å²) in [4.78, 5) is 65.9. The summed E-state index contributed by atoms with van der Waals surface area (Å²) in [5, 5.41) is 0. The van der Waals surface area contributed by atoms with Gasteiger partial charge < -0.3 is 4.74 Å². The second-order valence-electron chi connectivity index (χ2n) is 7.56. The minimum atomic E-state index is -0.699. The van der Waals surface area contributed by atoms with Gasteiger partial charge in [-0.25, -0.2) is 4.90 Å². The number of hydrogen-bond donors (Lipinski definition) is 0. The summed E-state index contributed by atoms with van der Waals surface area (Å²) in [6.45, 7) is 1.61. The maximum absolute atomic E-state index is 13.2. The monoisotopic (exact) mass is 383 g/mol. The summed E-state index contributed by atoms with van der Waals surface area (Å²) in [6.07, 6.45) is 3.62. The lowest BCUT2D eigenvalue weighted by molar-refractivity contribution is -0.138. The Kier molecular flexibility index (Phi) is 3.29. The van der Waals surface area contributed by atoms with Crippen LogP contribution in [0.5, 0.6) is 6.01 Å². The maximum Gasteiger partial charge on any atom is 0.321 e. The number of amides is 4. The van der Waals surface area contributed by atoms with Gasteiger partial charge in [-0.3, -0.25) is 24.1 Å². The molecule has 2 bridgehead atoms. The lowest BCUT2D eigenvalue weighted by Crippen LogP contribution is -2.50. The Morgan fingerprint density at radius 2 is 1.32 bits per heavy atom. The van der Waals surface area contributed by atoms with Crippen molar-refractivity contribution < 1.29 is 23.9 Å². The van der Waals surface area contributed by atoms with Crippen LogP contribution < -0.4 is 9.64 Å². The van der Waals surface area contributed by atoms with E-state index in [1.54, 1.807) is 6.92 Å². The van der Waals surface area contributed by atoms with Crippen molar-refractivity contribution in [3.63, 3.8) is 0 Å². The molecule has 3 heterocycles. The van der Waals surface area contributed by atoms with Crippen LogP contribution in [0.25, 0.3) is 0 Å². The van der Waals surface area contributed by atoms with Crippen LogP contribution in [0, 0.1) is 42.4 Å². The molecule has 4 amide bonds. The molecule has 1 aromatic rings. The van der Waals surface area contributed by atoms with E-state index in [0.717, 1.165) is 9.80 Å². The van der Waals surface area contributed by atoms with Gasteiger partial charge in [0.2, 0.25) is 29.6 Å². The summed E-state index contributed by atoms with van der Waals surface area (Å²) >= 11 is 0. The molecule has 6 rings (SSSR count). The van der Waals surface area contributed by atoms with E-state index in [0.29, 0.717) is 5.82 Å². The largest absolute Gasteiger partial charge is 0.467 e. The molecule has 0 N–H and O–H groups in total. The van der Waals surface area contributed by atoms with Crippen molar-refractivity contribution in [3.8, 4) is 6.01 Å². The number of nitrogens with zero attached hydrogens (tertiary/aromatic N) is 5. The first-order chi connectivity index (χ1) is 13.3. The average molecular weight is 383 g/mol. The summed E-state index contributed by atoms with van der Waals surface area (Å²) < 4.78 is 5.02. The van der Waals surface area contributed by atoms with Crippen molar-refractivity contribution in [2.45, 2.75) is 6.92 Å². The first-order valence-electron chi connectivity index (χ1n) is 8.99. The normalized spacial score (nSPS) is 35.7. The summed E-state index contributed by atoms with van der Waals surface area (Å²) in [6, 6.07) is 0.00270. The second kappa shape index (κ2) is 5.43. The number of aromatic nitrogens is 3. The third kappa shape index (κ3) is 1.89. The zero-order valence-corrected chi connectivity index (χ0v) is 15.4. The van der Waals surface area contributed by atoms with Crippen molar-refractivity contribution in [3.05, 3.63) is 18.0 Å². The Bertz CT molecular complexity index is 941. The van der Waals surface area contributed by atoms with E-state index in [4.69, 9.17) is 4.74 Å². The minimum Gasteiger partial charge on any atom is -0.467 e. The zero-order valence-electron chi connectivity index (χ0n) is 15.4. The molecule has 0 aromatic carbocycles. The van der Waals surface area contributed by atoms with Crippen molar-refractivity contribution in [2.75, 3.05) is 19.1 Å². The van der Waals surface area contributed by atoms with Crippen LogP contribution in [0.15, 0.2) is 12.2 Å². The molecule has 3 fully saturated rings. The highest BCUT2D eigenvalue weighted by atomic mass is 16.5. The zero-order chi connectivity index (χ0) is 19.9. The van der Waals surface area contributed by atoms with Crippen LogP contribution in [-0.2, 0) is 19.2 Å². The molecule has 6 unspecified atom stereocenters. The molecular weight excluding hydrogens is 366 g/mol. The first kappa shape index (κ1) is 17.0. The smallest absolute Gasteiger partial charge is 0.321 e. The molecule has 28 heavy (non-hydrogen) atoms. The number of hydrogen-bond acceptors (Lipinski definition) is 8. The molecule has 1 saturated carbocycles. The molecule has 0 radical (unpaired) electrons. The van der Waals surface area contributed by atoms with Gasteiger partial charge in [-0.1, -0.05) is 12.2 Å². The van der Waals surface area contributed by atoms with E-state index < -0.39 is 47.3 Å². The Labute approximate surface area is 159 Å². The van der Waals surface area contributed by atoms with Crippen LogP contribution in [0.1, 0.15) is 5.82 Å². The van der Waals surface area contributed by atoms with Gasteiger partial charge in [0, 0.05) is 18.9 Å².